The van der Waals surface area contributed by atoms with Crippen LogP contribution in [0.3, 0.4) is 0 Å². The number of nitrogens with one attached hydrogen (secondary N) is 2. The van der Waals surface area contributed by atoms with Gasteiger partial charge in [0.2, 0.25) is 0 Å². The highest BCUT2D eigenvalue weighted by Crippen LogP contribution is 2.35. The molecule has 0 unspecified atom stereocenters. The van der Waals surface area contributed by atoms with Crippen molar-refractivity contribution in [2.24, 2.45) is 0 Å². The number of halogens is 1. The van der Waals surface area contributed by atoms with Crippen molar-refractivity contribution < 1.29 is 23.5 Å². The first kappa shape index (κ1) is 23.1. The molecule has 32 heavy (non-hydrogen) atoms. The standard InChI is InChI=1S/C24H23FN2O4S/c1-5-31-24(30)19-15(4)20(22(29)26-18-12-13(2)10-11-14(18)3)32-23(19)27-21(28)16-8-6-7-9-17(16)25/h6-12H,5H2,1-4H3,(H,26,29)(H,27,28). The van der Waals surface area contributed by atoms with Crippen LogP contribution in [0.5, 0.6) is 0 Å². The monoisotopic (exact) mass is 454 g/mol. The number of ether oxygens (including phenoxy) is 1. The number of esters is 1. The second-order valence-corrected chi connectivity index (χ2v) is 8.21. The number of amides is 2. The van der Waals surface area contributed by atoms with E-state index in [-0.39, 0.29) is 27.6 Å². The van der Waals surface area contributed by atoms with E-state index in [2.05, 4.69) is 10.6 Å². The third-order valence-corrected chi connectivity index (χ3v) is 6.03. The Morgan fingerprint density at radius 2 is 1.72 bits per heavy atom. The van der Waals surface area contributed by atoms with E-state index >= 15 is 0 Å². The Hall–Kier alpha value is -3.52. The molecule has 8 heteroatoms. The number of benzene rings is 2. The number of hydrogen-bond acceptors (Lipinski definition) is 5. The van der Waals surface area contributed by atoms with E-state index in [9.17, 15) is 18.8 Å². The van der Waals surface area contributed by atoms with Gasteiger partial charge in [0.25, 0.3) is 11.8 Å². The lowest BCUT2D eigenvalue weighted by atomic mass is 10.1. The quantitative estimate of drug-likeness (QED) is 0.482. The van der Waals surface area contributed by atoms with Gasteiger partial charge in [-0.3, -0.25) is 9.59 Å². The predicted octanol–water partition coefficient (Wildman–Crippen LogP) is 5.49. The number of carbonyl (C=O) groups excluding carboxylic acids is 3. The van der Waals surface area contributed by atoms with Gasteiger partial charge in [0.05, 0.1) is 22.6 Å². The molecule has 0 aliphatic heterocycles. The lowest BCUT2D eigenvalue weighted by Gasteiger charge is -2.09. The van der Waals surface area contributed by atoms with Gasteiger partial charge < -0.3 is 15.4 Å². The van der Waals surface area contributed by atoms with Gasteiger partial charge in [0.15, 0.2) is 0 Å². The summed E-state index contributed by atoms with van der Waals surface area (Å²) < 4.78 is 19.2. The number of thiophene rings is 1. The fourth-order valence-electron chi connectivity index (χ4n) is 3.13. The van der Waals surface area contributed by atoms with Crippen molar-refractivity contribution >= 4 is 39.8 Å². The molecule has 0 bridgehead atoms. The van der Waals surface area contributed by atoms with Crippen molar-refractivity contribution in [3.63, 3.8) is 0 Å². The highest BCUT2D eigenvalue weighted by Gasteiger charge is 2.27. The first-order valence-electron chi connectivity index (χ1n) is 9.97. The van der Waals surface area contributed by atoms with E-state index in [0.717, 1.165) is 22.5 Å². The van der Waals surface area contributed by atoms with Crippen LogP contribution in [0.1, 0.15) is 54.0 Å². The largest absolute Gasteiger partial charge is 0.462 e. The molecule has 2 N–H and O–H groups in total. The Kier molecular flexibility index (Phi) is 7.05. The SMILES string of the molecule is CCOC(=O)c1c(NC(=O)c2ccccc2F)sc(C(=O)Nc2cc(C)ccc2C)c1C. The van der Waals surface area contributed by atoms with Crippen molar-refractivity contribution in [2.75, 3.05) is 17.2 Å². The summed E-state index contributed by atoms with van der Waals surface area (Å²) in [6.07, 6.45) is 0. The van der Waals surface area contributed by atoms with Crippen molar-refractivity contribution in [3.8, 4) is 0 Å². The first-order valence-corrected chi connectivity index (χ1v) is 10.8. The van der Waals surface area contributed by atoms with E-state index in [1.807, 2.05) is 32.0 Å². The van der Waals surface area contributed by atoms with E-state index in [1.54, 1.807) is 13.8 Å². The fourth-order valence-corrected chi connectivity index (χ4v) is 4.22. The van der Waals surface area contributed by atoms with Crippen LogP contribution in [-0.4, -0.2) is 24.4 Å². The maximum absolute atomic E-state index is 14.0. The molecule has 0 atom stereocenters. The van der Waals surface area contributed by atoms with Crippen LogP contribution in [0.2, 0.25) is 0 Å². The average Bonchev–Trinajstić information content (AvgIpc) is 3.07. The number of hydrogen-bond donors (Lipinski definition) is 2. The van der Waals surface area contributed by atoms with Crippen LogP contribution in [0.15, 0.2) is 42.5 Å². The molecule has 0 fully saturated rings. The summed E-state index contributed by atoms with van der Waals surface area (Å²) in [5, 5.41) is 5.55. The minimum atomic E-state index is -0.726. The summed E-state index contributed by atoms with van der Waals surface area (Å²) in [5.74, 6) is -2.51. The molecule has 0 aliphatic carbocycles. The summed E-state index contributed by atoms with van der Waals surface area (Å²) >= 11 is 0.939. The van der Waals surface area contributed by atoms with Crippen LogP contribution in [-0.2, 0) is 4.74 Å². The highest BCUT2D eigenvalue weighted by atomic mass is 32.1. The van der Waals surface area contributed by atoms with Gasteiger partial charge in [-0.25, -0.2) is 9.18 Å². The Labute approximate surface area is 189 Å². The molecule has 1 aromatic heterocycles. The van der Waals surface area contributed by atoms with Crippen LogP contribution >= 0.6 is 11.3 Å². The van der Waals surface area contributed by atoms with Gasteiger partial charge in [-0.15, -0.1) is 11.3 Å². The molecule has 0 radical (unpaired) electrons. The van der Waals surface area contributed by atoms with Crippen molar-refractivity contribution in [1.82, 2.24) is 0 Å². The summed E-state index contributed by atoms with van der Waals surface area (Å²) in [6.45, 7) is 7.19. The molecule has 2 amide bonds. The third-order valence-electron chi connectivity index (χ3n) is 4.82. The zero-order valence-corrected chi connectivity index (χ0v) is 19.0. The van der Waals surface area contributed by atoms with E-state index < -0.39 is 23.6 Å². The lowest BCUT2D eigenvalue weighted by Crippen LogP contribution is -2.16. The third kappa shape index (κ3) is 4.86. The van der Waals surface area contributed by atoms with E-state index in [0.29, 0.717) is 11.3 Å². The zero-order valence-electron chi connectivity index (χ0n) is 18.2. The Balaban J connectivity index is 1.98. The lowest BCUT2D eigenvalue weighted by molar-refractivity contribution is 0.0527. The smallest absolute Gasteiger partial charge is 0.341 e. The molecule has 166 valence electrons. The van der Waals surface area contributed by atoms with Gasteiger partial charge in [-0.1, -0.05) is 24.3 Å². The Bertz CT molecular complexity index is 1200. The van der Waals surface area contributed by atoms with Crippen LogP contribution in [0, 0.1) is 26.6 Å². The highest BCUT2D eigenvalue weighted by molar-refractivity contribution is 7.19. The molecule has 3 rings (SSSR count). The second kappa shape index (κ2) is 9.74. The molecule has 0 spiro atoms. The van der Waals surface area contributed by atoms with Gasteiger partial charge in [-0.2, -0.15) is 0 Å². The molecule has 6 nitrogen and oxygen atoms in total. The minimum absolute atomic E-state index is 0.0765. The first-order chi connectivity index (χ1) is 15.2. The fraction of sp³-hybridized carbons (Fsp3) is 0.208. The summed E-state index contributed by atoms with van der Waals surface area (Å²) in [4.78, 5) is 38.5. The van der Waals surface area contributed by atoms with E-state index in [1.165, 1.54) is 24.3 Å². The number of anilines is 2. The normalized spacial score (nSPS) is 10.5. The number of rotatable bonds is 6. The Morgan fingerprint density at radius 3 is 2.41 bits per heavy atom. The minimum Gasteiger partial charge on any atom is -0.462 e. The van der Waals surface area contributed by atoms with Crippen molar-refractivity contribution in [2.45, 2.75) is 27.7 Å². The average molecular weight is 455 g/mol. The number of carbonyl (C=O) groups is 3. The molecule has 0 saturated carbocycles. The second-order valence-electron chi connectivity index (χ2n) is 7.19. The maximum atomic E-state index is 14.0. The zero-order chi connectivity index (χ0) is 23.4. The summed E-state index contributed by atoms with van der Waals surface area (Å²) in [7, 11) is 0. The molecule has 3 aromatic rings. The van der Waals surface area contributed by atoms with Gasteiger partial charge in [0, 0.05) is 5.69 Å². The maximum Gasteiger partial charge on any atom is 0.341 e. The van der Waals surface area contributed by atoms with Gasteiger partial charge in [-0.05, 0) is 62.6 Å². The molecule has 0 saturated heterocycles. The van der Waals surface area contributed by atoms with Crippen molar-refractivity contribution in [1.29, 1.82) is 0 Å². The molecule has 2 aromatic carbocycles. The summed E-state index contributed by atoms with van der Waals surface area (Å²) in [5.41, 5.74) is 2.80. The predicted molar refractivity (Wildman–Crippen MR) is 123 cm³/mol. The molecular formula is C24H23FN2O4S. The summed E-state index contributed by atoms with van der Waals surface area (Å²) in [6, 6.07) is 11.2. The van der Waals surface area contributed by atoms with Crippen LogP contribution in [0.25, 0.3) is 0 Å². The molecule has 0 aliphatic rings. The molecule has 1 heterocycles. The van der Waals surface area contributed by atoms with Crippen LogP contribution in [0.4, 0.5) is 15.1 Å². The topological polar surface area (TPSA) is 84.5 Å². The van der Waals surface area contributed by atoms with E-state index in [4.69, 9.17) is 4.74 Å². The van der Waals surface area contributed by atoms with Crippen molar-refractivity contribution in [3.05, 3.63) is 81.0 Å². The van der Waals surface area contributed by atoms with Crippen LogP contribution < -0.4 is 10.6 Å². The van der Waals surface area contributed by atoms with Gasteiger partial charge in [0.1, 0.15) is 10.8 Å². The Morgan fingerprint density at radius 1 is 1.00 bits per heavy atom. The molecular weight excluding hydrogens is 431 g/mol. The number of aryl methyl sites for hydroxylation is 2. The van der Waals surface area contributed by atoms with Gasteiger partial charge >= 0.3 is 5.97 Å².